The van der Waals surface area contributed by atoms with E-state index in [2.05, 4.69) is 20.9 Å². The van der Waals surface area contributed by atoms with Crippen molar-refractivity contribution in [2.75, 3.05) is 11.9 Å². The Bertz CT molecular complexity index is 1490. The molecular formula is C27H32F3N7O5. The summed E-state index contributed by atoms with van der Waals surface area (Å²) in [4.78, 5) is 46.4. The number of aliphatic carboxylic acids is 1. The van der Waals surface area contributed by atoms with Crippen LogP contribution < -0.4 is 21.7 Å². The molecule has 2 unspecified atom stereocenters. The molecule has 1 saturated carbocycles. The Hall–Kier alpha value is -4.24. The number of nitrogens with zero attached hydrogens (tertiary/aromatic N) is 2. The number of aliphatic hydroxyl groups is 1. The van der Waals surface area contributed by atoms with Crippen molar-refractivity contribution in [3.8, 4) is 11.3 Å². The summed E-state index contributed by atoms with van der Waals surface area (Å²) in [6.07, 6.45) is -1.56. The number of fused-ring (bicyclic) bond motifs is 2. The van der Waals surface area contributed by atoms with Gasteiger partial charge in [0.1, 0.15) is 17.4 Å². The lowest BCUT2D eigenvalue weighted by atomic mass is 9.90. The highest BCUT2D eigenvalue weighted by Gasteiger charge is 2.38. The second-order valence-corrected chi connectivity index (χ2v) is 10.3. The first-order chi connectivity index (χ1) is 19.8. The maximum atomic E-state index is 12.2. The van der Waals surface area contributed by atoms with Crippen LogP contribution in [0.15, 0.2) is 24.3 Å². The lowest BCUT2D eigenvalue weighted by Gasteiger charge is -2.31. The third-order valence-electron chi connectivity index (χ3n) is 7.17. The quantitative estimate of drug-likeness (QED) is 0.225. The van der Waals surface area contributed by atoms with Crippen LogP contribution >= 0.6 is 0 Å². The average Bonchev–Trinajstić information content (AvgIpc) is 3.48. The molecule has 0 saturated heterocycles. The summed E-state index contributed by atoms with van der Waals surface area (Å²) in [6, 6.07) is 6.89. The summed E-state index contributed by atoms with van der Waals surface area (Å²) in [5.41, 5.74) is 11.3. The van der Waals surface area contributed by atoms with Gasteiger partial charge in [-0.1, -0.05) is 12.1 Å². The summed E-state index contributed by atoms with van der Waals surface area (Å²) in [5, 5.41) is 25.7. The number of carboxylic acid groups (broad SMARTS) is 1. The van der Waals surface area contributed by atoms with Crippen LogP contribution in [0.5, 0.6) is 0 Å². The monoisotopic (exact) mass is 591 g/mol. The Morgan fingerprint density at radius 2 is 1.88 bits per heavy atom. The zero-order valence-electron chi connectivity index (χ0n) is 22.9. The first-order valence-corrected chi connectivity index (χ1v) is 13.3. The van der Waals surface area contributed by atoms with Crippen LogP contribution in [0.1, 0.15) is 60.4 Å². The number of para-hydroxylation sites is 1. The van der Waals surface area contributed by atoms with Crippen LogP contribution in [0.25, 0.3) is 22.3 Å². The van der Waals surface area contributed by atoms with Crippen molar-refractivity contribution in [2.24, 2.45) is 5.73 Å². The molecule has 3 heterocycles. The third kappa shape index (κ3) is 6.79. The van der Waals surface area contributed by atoms with E-state index in [0.29, 0.717) is 11.4 Å². The van der Waals surface area contributed by atoms with Gasteiger partial charge in [-0.05, 0) is 51.7 Å². The Kier molecular flexibility index (Phi) is 9.01. The van der Waals surface area contributed by atoms with Crippen molar-refractivity contribution in [3.63, 3.8) is 0 Å². The number of anilines is 1. The largest absolute Gasteiger partial charge is 0.490 e. The van der Waals surface area contributed by atoms with E-state index in [1.165, 1.54) is 0 Å². The molecule has 2 amide bonds. The van der Waals surface area contributed by atoms with Gasteiger partial charge in [0.15, 0.2) is 0 Å². The van der Waals surface area contributed by atoms with E-state index >= 15 is 0 Å². The highest BCUT2D eigenvalue weighted by Crippen LogP contribution is 2.33. The van der Waals surface area contributed by atoms with E-state index < -0.39 is 18.2 Å². The van der Waals surface area contributed by atoms with Crippen molar-refractivity contribution < 1.29 is 37.8 Å². The number of amides is 2. The number of hydrogen-bond acceptors (Lipinski definition) is 8. The molecule has 3 aromatic rings. The highest BCUT2D eigenvalue weighted by molar-refractivity contribution is 6.01. The third-order valence-corrected chi connectivity index (χ3v) is 7.17. The number of halogens is 3. The Morgan fingerprint density at radius 3 is 2.52 bits per heavy atom. The average molecular weight is 592 g/mol. The van der Waals surface area contributed by atoms with Crippen molar-refractivity contribution in [2.45, 2.75) is 69.9 Å². The number of nitrogens with two attached hydrogens (primary N) is 1. The van der Waals surface area contributed by atoms with E-state index in [9.17, 15) is 22.8 Å². The summed E-state index contributed by atoms with van der Waals surface area (Å²) in [5.74, 6) is -2.45. The first-order valence-electron chi connectivity index (χ1n) is 13.3. The minimum Gasteiger partial charge on any atom is -0.475 e. The van der Waals surface area contributed by atoms with Crippen LogP contribution in [-0.4, -0.2) is 73.9 Å². The van der Waals surface area contributed by atoms with E-state index in [1.54, 1.807) is 0 Å². The van der Waals surface area contributed by atoms with Gasteiger partial charge in [-0.25, -0.2) is 14.8 Å². The standard InChI is InChI=1S/C25H31N7O3.C2HF3O2/c1-12-21-17(24(34)28-12)10-20(31-21)16-7-4-8-19-22(16)32-23(13(2)27-19)29-14-5-3-6-15(9-14)30-25(35)18(26)11-33;3-2(4,5)1(6)7/h4,7-8,10,12,14-15,18,31,33H,3,5-6,9,11,26H2,1-2H3,(H,28,34)(H,29,32)(H,30,35);(H,6,7)/t12?,14-,15+,18?;/m0./s1. The zero-order valence-corrected chi connectivity index (χ0v) is 22.9. The normalized spacial score (nSPS) is 20.6. The fraction of sp³-hybridized carbons (Fsp3) is 0.444. The number of H-pyrrole nitrogens is 1. The number of aliphatic hydroxyl groups excluding tert-OH is 1. The number of carbonyl (C=O) groups excluding carboxylic acids is 2. The van der Waals surface area contributed by atoms with Crippen LogP contribution in [0.3, 0.4) is 0 Å². The molecule has 2 aliphatic rings. The molecule has 1 fully saturated rings. The number of aromatic nitrogens is 3. The number of carboxylic acids is 1. The van der Waals surface area contributed by atoms with Crippen molar-refractivity contribution in [3.05, 3.63) is 41.2 Å². The fourth-order valence-corrected chi connectivity index (χ4v) is 5.05. The molecule has 4 atom stereocenters. The maximum Gasteiger partial charge on any atom is 0.490 e. The summed E-state index contributed by atoms with van der Waals surface area (Å²) in [6.45, 7) is 3.51. The van der Waals surface area contributed by atoms with Gasteiger partial charge in [0.05, 0.1) is 35.1 Å². The molecule has 12 nitrogen and oxygen atoms in total. The van der Waals surface area contributed by atoms with Gasteiger partial charge in [-0.3, -0.25) is 9.59 Å². The summed E-state index contributed by atoms with van der Waals surface area (Å²) in [7, 11) is 0. The minimum atomic E-state index is -5.08. The molecule has 1 aromatic carbocycles. The SMILES string of the molecule is Cc1nc2cccc(-c3cc4c([nH]3)C(C)NC4=O)c2nc1N[C@H]1CCC[C@@H](NC(=O)C(N)CO)C1.O=C(O)C(F)(F)F. The lowest BCUT2D eigenvalue weighted by molar-refractivity contribution is -0.192. The number of alkyl halides is 3. The predicted molar refractivity (Wildman–Crippen MR) is 147 cm³/mol. The van der Waals surface area contributed by atoms with Crippen LogP contribution in [0, 0.1) is 6.92 Å². The Balaban J connectivity index is 0.000000517. The van der Waals surface area contributed by atoms with Gasteiger partial charge >= 0.3 is 12.1 Å². The second-order valence-electron chi connectivity index (χ2n) is 10.3. The molecule has 0 bridgehead atoms. The predicted octanol–water partition coefficient (Wildman–Crippen LogP) is 2.53. The number of rotatable bonds is 6. The summed E-state index contributed by atoms with van der Waals surface area (Å²) >= 11 is 0. The zero-order chi connectivity index (χ0) is 30.8. The van der Waals surface area contributed by atoms with E-state index in [-0.39, 0.29) is 36.5 Å². The smallest absolute Gasteiger partial charge is 0.475 e. The van der Waals surface area contributed by atoms with Gasteiger partial charge in [-0.2, -0.15) is 13.2 Å². The Morgan fingerprint density at radius 1 is 1.19 bits per heavy atom. The first kappa shape index (κ1) is 30.7. The second kappa shape index (κ2) is 12.3. The molecule has 1 aliphatic heterocycles. The molecule has 42 heavy (non-hydrogen) atoms. The molecule has 15 heteroatoms. The minimum absolute atomic E-state index is 0.00919. The number of benzene rings is 1. The molecule has 0 spiro atoms. The maximum absolute atomic E-state index is 12.2. The van der Waals surface area contributed by atoms with E-state index in [4.69, 9.17) is 30.7 Å². The van der Waals surface area contributed by atoms with Crippen LogP contribution in [0.4, 0.5) is 19.0 Å². The molecule has 226 valence electrons. The van der Waals surface area contributed by atoms with Crippen LogP contribution in [0.2, 0.25) is 0 Å². The number of aromatic amines is 1. The fourth-order valence-electron chi connectivity index (χ4n) is 5.05. The van der Waals surface area contributed by atoms with Gasteiger partial charge in [0.25, 0.3) is 5.91 Å². The van der Waals surface area contributed by atoms with Gasteiger partial charge < -0.3 is 36.9 Å². The topological polar surface area (TPSA) is 195 Å². The molecular weight excluding hydrogens is 559 g/mol. The van der Waals surface area contributed by atoms with Gasteiger partial charge in [0, 0.05) is 23.3 Å². The Labute approximate surface area is 238 Å². The van der Waals surface area contributed by atoms with E-state index in [0.717, 1.165) is 59.4 Å². The van der Waals surface area contributed by atoms with E-state index in [1.807, 2.05) is 38.1 Å². The molecule has 1 aliphatic carbocycles. The van der Waals surface area contributed by atoms with Gasteiger partial charge in [-0.15, -0.1) is 0 Å². The molecule has 2 aromatic heterocycles. The van der Waals surface area contributed by atoms with Gasteiger partial charge in [0.2, 0.25) is 5.91 Å². The lowest BCUT2D eigenvalue weighted by Crippen LogP contribution is -2.49. The van der Waals surface area contributed by atoms with Crippen LogP contribution in [-0.2, 0) is 9.59 Å². The number of aryl methyl sites for hydroxylation is 1. The van der Waals surface area contributed by atoms with Crippen molar-refractivity contribution >= 4 is 34.6 Å². The molecule has 5 rings (SSSR count). The van der Waals surface area contributed by atoms with Crippen molar-refractivity contribution in [1.82, 2.24) is 25.6 Å². The highest BCUT2D eigenvalue weighted by atomic mass is 19.4. The number of nitrogens with one attached hydrogen (secondary N) is 4. The molecule has 0 radical (unpaired) electrons. The van der Waals surface area contributed by atoms with Crippen molar-refractivity contribution in [1.29, 1.82) is 0 Å². The number of hydrogen-bond donors (Lipinski definition) is 7. The summed E-state index contributed by atoms with van der Waals surface area (Å²) < 4.78 is 31.7. The molecule has 8 N–H and O–H groups in total. The number of carbonyl (C=O) groups is 3.